The first kappa shape index (κ1) is 23.9. The van der Waals surface area contributed by atoms with Crippen molar-refractivity contribution in [3.8, 4) is 0 Å². The number of nitrogens with zero attached hydrogens (tertiary/aromatic N) is 1. The number of hydrogen-bond donors (Lipinski definition) is 2. The van der Waals surface area contributed by atoms with Gasteiger partial charge in [0, 0.05) is 31.1 Å². The van der Waals surface area contributed by atoms with Crippen LogP contribution in [0.4, 0.5) is 0 Å². The van der Waals surface area contributed by atoms with E-state index in [-0.39, 0.29) is 24.2 Å². The molecule has 0 unspecified atom stereocenters. The number of rotatable bonds is 5. The summed E-state index contributed by atoms with van der Waals surface area (Å²) in [6.45, 7) is 10.5. The van der Waals surface area contributed by atoms with Crippen molar-refractivity contribution in [2.45, 2.75) is 57.9 Å². The lowest BCUT2D eigenvalue weighted by molar-refractivity contribution is -0.127. The number of sulfonamides is 1. The maximum atomic E-state index is 13.1. The Bertz CT molecular complexity index is 762. The van der Waals surface area contributed by atoms with Crippen LogP contribution < -0.4 is 11.1 Å². The number of benzene rings is 1. The van der Waals surface area contributed by atoms with E-state index in [2.05, 4.69) is 5.32 Å². The van der Waals surface area contributed by atoms with Crippen LogP contribution in [0.15, 0.2) is 17.0 Å². The molecule has 1 fully saturated rings. The summed E-state index contributed by atoms with van der Waals surface area (Å²) in [5.74, 6) is -0.215. The fourth-order valence-electron chi connectivity index (χ4n) is 3.55. The Labute approximate surface area is 169 Å². The lowest BCUT2D eigenvalue weighted by Gasteiger charge is -2.33. The Kier molecular flexibility index (Phi) is 7.88. The summed E-state index contributed by atoms with van der Waals surface area (Å²) in [4.78, 5) is 12.8. The Morgan fingerprint density at radius 2 is 1.67 bits per heavy atom. The van der Waals surface area contributed by atoms with Gasteiger partial charge in [0.15, 0.2) is 0 Å². The van der Waals surface area contributed by atoms with Crippen molar-refractivity contribution in [2.24, 2.45) is 11.7 Å². The molecule has 1 aromatic carbocycles. The zero-order valence-corrected chi connectivity index (χ0v) is 18.5. The Hall–Kier alpha value is -1.15. The van der Waals surface area contributed by atoms with E-state index in [1.54, 1.807) is 0 Å². The van der Waals surface area contributed by atoms with Gasteiger partial charge in [-0.25, -0.2) is 8.42 Å². The summed E-state index contributed by atoms with van der Waals surface area (Å²) in [6.07, 6.45) is 1.05. The average molecular weight is 418 g/mol. The number of nitrogens with two attached hydrogens (primary N) is 1. The first-order valence-corrected chi connectivity index (χ1v) is 10.5. The molecule has 1 aliphatic rings. The van der Waals surface area contributed by atoms with Crippen molar-refractivity contribution in [1.29, 1.82) is 0 Å². The monoisotopic (exact) mass is 417 g/mol. The van der Waals surface area contributed by atoms with Gasteiger partial charge in [0.25, 0.3) is 0 Å². The van der Waals surface area contributed by atoms with Gasteiger partial charge in [0.2, 0.25) is 15.9 Å². The highest BCUT2D eigenvalue weighted by Gasteiger charge is 2.34. The second-order valence-electron chi connectivity index (χ2n) is 7.98. The highest BCUT2D eigenvalue weighted by Crippen LogP contribution is 2.29. The third kappa shape index (κ3) is 5.44. The highest BCUT2D eigenvalue weighted by atomic mass is 35.5. The highest BCUT2D eigenvalue weighted by molar-refractivity contribution is 7.89. The number of halogens is 1. The number of amides is 1. The van der Waals surface area contributed by atoms with E-state index >= 15 is 0 Å². The van der Waals surface area contributed by atoms with Crippen LogP contribution in [-0.2, 0) is 14.8 Å². The smallest absolute Gasteiger partial charge is 0.243 e. The van der Waals surface area contributed by atoms with E-state index in [4.69, 9.17) is 5.73 Å². The number of aryl methyl sites for hydroxylation is 3. The molecule has 0 saturated carbocycles. The zero-order chi connectivity index (χ0) is 19.7. The minimum absolute atomic E-state index is 0. The van der Waals surface area contributed by atoms with E-state index in [1.165, 1.54) is 4.31 Å². The maximum absolute atomic E-state index is 13.1. The molecule has 0 aromatic heterocycles. The van der Waals surface area contributed by atoms with Crippen LogP contribution >= 0.6 is 12.4 Å². The molecule has 1 aliphatic heterocycles. The molecule has 0 radical (unpaired) electrons. The molecule has 0 bridgehead atoms. The van der Waals surface area contributed by atoms with Crippen LogP contribution in [0.25, 0.3) is 0 Å². The topological polar surface area (TPSA) is 92.5 Å². The quantitative estimate of drug-likeness (QED) is 0.768. The van der Waals surface area contributed by atoms with Crippen molar-refractivity contribution < 1.29 is 13.2 Å². The molecule has 0 atom stereocenters. The Morgan fingerprint density at radius 1 is 1.19 bits per heavy atom. The largest absolute Gasteiger partial charge is 0.350 e. The molecule has 2 rings (SSSR count). The normalized spacial score (nSPS) is 16.7. The predicted molar refractivity (Wildman–Crippen MR) is 111 cm³/mol. The van der Waals surface area contributed by atoms with Crippen LogP contribution in [0.2, 0.25) is 0 Å². The van der Waals surface area contributed by atoms with Crippen molar-refractivity contribution in [1.82, 2.24) is 9.62 Å². The lowest BCUT2D eigenvalue weighted by Crippen LogP contribution is -2.52. The first-order valence-electron chi connectivity index (χ1n) is 9.08. The van der Waals surface area contributed by atoms with Gasteiger partial charge < -0.3 is 11.1 Å². The van der Waals surface area contributed by atoms with Gasteiger partial charge in [-0.1, -0.05) is 17.7 Å². The van der Waals surface area contributed by atoms with Crippen LogP contribution in [0.1, 0.15) is 43.4 Å². The summed E-state index contributed by atoms with van der Waals surface area (Å²) in [6, 6.07) is 3.80. The van der Waals surface area contributed by atoms with Gasteiger partial charge in [0.05, 0.1) is 4.90 Å². The van der Waals surface area contributed by atoms with Crippen LogP contribution in [0.5, 0.6) is 0 Å². The van der Waals surface area contributed by atoms with E-state index < -0.39 is 15.6 Å². The van der Waals surface area contributed by atoms with E-state index in [1.807, 2.05) is 46.8 Å². The molecule has 1 amide bonds. The van der Waals surface area contributed by atoms with Gasteiger partial charge in [-0.2, -0.15) is 4.31 Å². The van der Waals surface area contributed by atoms with Crippen LogP contribution in [0.3, 0.4) is 0 Å². The molecule has 3 N–H and O–H groups in total. The molecular formula is C19H32ClN3O3S. The summed E-state index contributed by atoms with van der Waals surface area (Å²) in [5, 5.41) is 2.95. The maximum Gasteiger partial charge on any atom is 0.243 e. The molecule has 0 aliphatic carbocycles. The van der Waals surface area contributed by atoms with E-state index in [0.717, 1.165) is 16.7 Å². The number of carbonyl (C=O) groups excluding carboxylic acids is 1. The molecule has 154 valence electrons. The van der Waals surface area contributed by atoms with Crippen LogP contribution in [-0.4, -0.2) is 43.8 Å². The number of hydrogen-bond acceptors (Lipinski definition) is 4. The van der Waals surface area contributed by atoms with Crippen molar-refractivity contribution in [3.05, 3.63) is 28.8 Å². The van der Waals surface area contributed by atoms with Crippen molar-refractivity contribution in [2.75, 3.05) is 19.6 Å². The molecule has 8 heteroatoms. The van der Waals surface area contributed by atoms with Gasteiger partial charge in [-0.15, -0.1) is 12.4 Å². The third-order valence-electron chi connectivity index (χ3n) is 5.00. The Morgan fingerprint density at radius 3 is 2.11 bits per heavy atom. The van der Waals surface area contributed by atoms with Gasteiger partial charge >= 0.3 is 0 Å². The van der Waals surface area contributed by atoms with Crippen molar-refractivity contribution >= 4 is 28.3 Å². The summed E-state index contributed by atoms with van der Waals surface area (Å²) < 4.78 is 27.7. The Balaban J connectivity index is 0.00000364. The molecule has 6 nitrogen and oxygen atoms in total. The molecule has 1 aromatic rings. The summed E-state index contributed by atoms with van der Waals surface area (Å²) in [7, 11) is -3.55. The molecule has 27 heavy (non-hydrogen) atoms. The molecule has 1 heterocycles. The van der Waals surface area contributed by atoms with E-state index in [9.17, 15) is 13.2 Å². The minimum Gasteiger partial charge on any atom is -0.350 e. The van der Waals surface area contributed by atoms with E-state index in [0.29, 0.717) is 37.4 Å². The fraction of sp³-hybridized carbons (Fsp3) is 0.632. The second kappa shape index (κ2) is 8.90. The third-order valence-corrected chi connectivity index (χ3v) is 7.20. The zero-order valence-electron chi connectivity index (χ0n) is 16.8. The molecule has 0 spiro atoms. The van der Waals surface area contributed by atoms with Crippen molar-refractivity contribution in [3.63, 3.8) is 0 Å². The number of piperidine rings is 1. The van der Waals surface area contributed by atoms with Gasteiger partial charge in [-0.05, 0) is 58.6 Å². The molecular weight excluding hydrogens is 386 g/mol. The lowest BCUT2D eigenvalue weighted by atomic mass is 9.95. The van der Waals surface area contributed by atoms with Crippen LogP contribution in [0, 0.1) is 26.7 Å². The summed E-state index contributed by atoms with van der Waals surface area (Å²) in [5.41, 5.74) is 7.81. The number of nitrogens with one attached hydrogen (secondary N) is 1. The fourth-order valence-corrected chi connectivity index (χ4v) is 5.43. The first-order chi connectivity index (χ1) is 12.0. The molecule has 1 saturated heterocycles. The van der Waals surface area contributed by atoms with Gasteiger partial charge in [0.1, 0.15) is 0 Å². The SMILES string of the molecule is Cc1cc(C)c(S(=O)(=O)N2CCC(C(=O)NC(C)(C)CN)CC2)c(C)c1.Cl. The summed E-state index contributed by atoms with van der Waals surface area (Å²) >= 11 is 0. The van der Waals surface area contributed by atoms with Gasteiger partial charge in [-0.3, -0.25) is 4.79 Å². The average Bonchev–Trinajstić information content (AvgIpc) is 2.53. The minimum atomic E-state index is -3.55. The standard InChI is InChI=1S/C19H31N3O3S.ClH/c1-13-10-14(2)17(15(3)11-13)26(24,25)22-8-6-16(7-9-22)18(23)21-19(4,5)12-20;/h10-11,16H,6-9,12,20H2,1-5H3,(H,21,23);1H. The second-order valence-corrected chi connectivity index (χ2v) is 9.86. The predicted octanol–water partition coefficient (Wildman–Crippen LogP) is 2.29. The number of carbonyl (C=O) groups is 1.